The summed E-state index contributed by atoms with van der Waals surface area (Å²) in [7, 11) is 1.65. The average Bonchev–Trinajstić information content (AvgIpc) is 2.52. The number of benzene rings is 1. The van der Waals surface area contributed by atoms with E-state index in [2.05, 4.69) is 31.5 Å². The van der Waals surface area contributed by atoms with Crippen molar-refractivity contribution in [3.8, 4) is 0 Å². The van der Waals surface area contributed by atoms with Crippen LogP contribution in [0.2, 0.25) is 0 Å². The van der Waals surface area contributed by atoms with Crippen LogP contribution in [0.1, 0.15) is 15.9 Å². The van der Waals surface area contributed by atoms with Crippen molar-refractivity contribution in [2.45, 2.75) is 6.92 Å². The van der Waals surface area contributed by atoms with Crippen LogP contribution in [0.4, 0.5) is 11.5 Å². The minimum absolute atomic E-state index is 0.183. The number of aromatic nitrogens is 1. The first-order valence-electron chi connectivity index (χ1n) is 6.86. The number of nitrogens with one attached hydrogen (secondary N) is 2. The molecule has 22 heavy (non-hydrogen) atoms. The van der Waals surface area contributed by atoms with E-state index >= 15 is 0 Å². The van der Waals surface area contributed by atoms with Crippen LogP contribution in [0, 0.1) is 6.92 Å². The highest BCUT2D eigenvalue weighted by atomic mass is 79.9. The molecule has 116 valence electrons. The van der Waals surface area contributed by atoms with Crippen molar-refractivity contribution in [1.82, 2.24) is 4.98 Å². The van der Waals surface area contributed by atoms with Crippen molar-refractivity contribution in [2.75, 3.05) is 30.9 Å². The molecular formula is C16H18BrN3O2. The number of rotatable bonds is 6. The molecule has 5 nitrogen and oxygen atoms in total. The van der Waals surface area contributed by atoms with Gasteiger partial charge in [-0.2, -0.15) is 0 Å². The molecule has 0 aliphatic carbocycles. The van der Waals surface area contributed by atoms with Crippen LogP contribution >= 0.6 is 15.9 Å². The summed E-state index contributed by atoms with van der Waals surface area (Å²) in [6.07, 6.45) is 1.55. The molecule has 0 aliphatic rings. The van der Waals surface area contributed by atoms with Crippen LogP contribution in [-0.4, -0.2) is 31.2 Å². The predicted octanol–water partition coefficient (Wildman–Crippen LogP) is 3.46. The average molecular weight is 364 g/mol. The lowest BCUT2D eigenvalue weighted by molar-refractivity contribution is 0.102. The number of hydrogen-bond donors (Lipinski definition) is 2. The summed E-state index contributed by atoms with van der Waals surface area (Å²) < 4.78 is 5.96. The van der Waals surface area contributed by atoms with Gasteiger partial charge in [-0.1, -0.05) is 15.9 Å². The molecule has 0 saturated heterocycles. The molecule has 0 spiro atoms. The van der Waals surface area contributed by atoms with E-state index < -0.39 is 0 Å². The van der Waals surface area contributed by atoms with Crippen LogP contribution in [0.15, 0.2) is 41.0 Å². The molecule has 0 atom stereocenters. The lowest BCUT2D eigenvalue weighted by Gasteiger charge is -2.08. The van der Waals surface area contributed by atoms with Gasteiger partial charge in [0.2, 0.25) is 0 Å². The molecule has 2 N–H and O–H groups in total. The van der Waals surface area contributed by atoms with E-state index in [9.17, 15) is 4.79 Å². The maximum atomic E-state index is 12.2. The number of carbonyl (C=O) groups excluding carboxylic acids is 1. The minimum atomic E-state index is -0.183. The molecule has 0 aliphatic heterocycles. The zero-order valence-corrected chi connectivity index (χ0v) is 14.1. The Labute approximate surface area is 138 Å². The minimum Gasteiger partial charge on any atom is -0.383 e. The fourth-order valence-electron chi connectivity index (χ4n) is 1.84. The van der Waals surface area contributed by atoms with Gasteiger partial charge >= 0.3 is 0 Å². The molecule has 2 rings (SSSR count). The molecule has 6 heteroatoms. The molecular weight excluding hydrogens is 346 g/mol. The summed E-state index contributed by atoms with van der Waals surface area (Å²) >= 11 is 3.44. The highest BCUT2D eigenvalue weighted by Gasteiger charge is 2.07. The quantitative estimate of drug-likeness (QED) is 0.771. The second-order valence-corrected chi connectivity index (χ2v) is 5.62. The smallest absolute Gasteiger partial charge is 0.257 e. The SMILES string of the molecule is COCCNc1ccc(C(=O)Nc2ccc(Br)c(C)c2)cn1. The van der Waals surface area contributed by atoms with Gasteiger partial charge in [-0.3, -0.25) is 4.79 Å². The van der Waals surface area contributed by atoms with E-state index in [0.717, 1.165) is 15.7 Å². The Morgan fingerprint density at radius 2 is 2.14 bits per heavy atom. The summed E-state index contributed by atoms with van der Waals surface area (Å²) in [5.41, 5.74) is 2.33. The van der Waals surface area contributed by atoms with Gasteiger partial charge in [0.25, 0.3) is 5.91 Å². The molecule has 0 saturated carbocycles. The van der Waals surface area contributed by atoms with Crippen molar-refractivity contribution >= 4 is 33.3 Å². The number of ether oxygens (including phenoxy) is 1. The van der Waals surface area contributed by atoms with Crippen molar-refractivity contribution in [3.63, 3.8) is 0 Å². The van der Waals surface area contributed by atoms with Crippen LogP contribution in [0.25, 0.3) is 0 Å². The van der Waals surface area contributed by atoms with Crippen molar-refractivity contribution in [2.24, 2.45) is 0 Å². The maximum Gasteiger partial charge on any atom is 0.257 e. The summed E-state index contributed by atoms with van der Waals surface area (Å²) in [5, 5.41) is 5.96. The first-order chi connectivity index (χ1) is 10.6. The Hall–Kier alpha value is -1.92. The standard InChI is InChI=1S/C16H18BrN3O2/c1-11-9-13(4-5-14(11)17)20-16(21)12-3-6-15(19-10-12)18-7-8-22-2/h3-6,9-10H,7-8H2,1-2H3,(H,18,19)(H,20,21). The number of halogens is 1. The highest BCUT2D eigenvalue weighted by Crippen LogP contribution is 2.20. The van der Waals surface area contributed by atoms with Crippen LogP contribution in [0.5, 0.6) is 0 Å². The molecule has 0 bridgehead atoms. The number of methoxy groups -OCH3 is 1. The first kappa shape index (κ1) is 16.5. The molecule has 0 radical (unpaired) electrons. The summed E-state index contributed by atoms with van der Waals surface area (Å²) in [5.74, 6) is 0.533. The predicted molar refractivity (Wildman–Crippen MR) is 91.4 cm³/mol. The molecule has 0 fully saturated rings. The number of amides is 1. The van der Waals surface area contributed by atoms with Gasteiger partial charge < -0.3 is 15.4 Å². The Morgan fingerprint density at radius 1 is 1.32 bits per heavy atom. The van der Waals surface area contributed by atoms with Gasteiger partial charge in [0.15, 0.2) is 0 Å². The maximum absolute atomic E-state index is 12.2. The van der Waals surface area contributed by atoms with Crippen LogP contribution in [-0.2, 0) is 4.74 Å². The molecule has 1 amide bonds. The summed E-state index contributed by atoms with van der Waals surface area (Å²) in [4.78, 5) is 16.4. The van der Waals surface area contributed by atoms with Gasteiger partial charge in [-0.15, -0.1) is 0 Å². The van der Waals surface area contributed by atoms with Crippen LogP contribution in [0.3, 0.4) is 0 Å². The summed E-state index contributed by atoms with van der Waals surface area (Å²) in [6.45, 7) is 3.25. The Kier molecular flexibility index (Phi) is 5.91. The topological polar surface area (TPSA) is 63.2 Å². The lowest BCUT2D eigenvalue weighted by Crippen LogP contribution is -2.13. The van der Waals surface area contributed by atoms with Crippen molar-refractivity contribution in [3.05, 3.63) is 52.1 Å². The van der Waals surface area contributed by atoms with E-state index in [4.69, 9.17) is 4.74 Å². The molecule has 1 aromatic carbocycles. The third-order valence-corrected chi connectivity index (χ3v) is 3.94. The second-order valence-electron chi connectivity index (χ2n) is 4.77. The molecule has 1 aromatic heterocycles. The highest BCUT2D eigenvalue weighted by molar-refractivity contribution is 9.10. The van der Waals surface area contributed by atoms with Gasteiger partial charge in [-0.05, 0) is 42.8 Å². The van der Waals surface area contributed by atoms with E-state index in [1.807, 2.05) is 25.1 Å². The normalized spacial score (nSPS) is 10.3. The van der Waals surface area contributed by atoms with E-state index in [-0.39, 0.29) is 5.91 Å². The van der Waals surface area contributed by atoms with Gasteiger partial charge in [-0.25, -0.2) is 4.98 Å². The number of anilines is 2. The number of nitrogens with zero attached hydrogens (tertiary/aromatic N) is 1. The van der Waals surface area contributed by atoms with Crippen LogP contribution < -0.4 is 10.6 Å². The zero-order chi connectivity index (χ0) is 15.9. The third-order valence-electron chi connectivity index (χ3n) is 3.05. The number of hydrogen-bond acceptors (Lipinski definition) is 4. The number of pyridine rings is 1. The van der Waals surface area contributed by atoms with E-state index in [1.165, 1.54) is 0 Å². The third kappa shape index (κ3) is 4.54. The van der Waals surface area contributed by atoms with Crippen molar-refractivity contribution in [1.29, 1.82) is 0 Å². The first-order valence-corrected chi connectivity index (χ1v) is 7.66. The largest absolute Gasteiger partial charge is 0.383 e. The summed E-state index contributed by atoms with van der Waals surface area (Å²) in [6, 6.07) is 9.19. The fourth-order valence-corrected chi connectivity index (χ4v) is 2.09. The Morgan fingerprint density at radius 3 is 2.77 bits per heavy atom. The number of carbonyl (C=O) groups is 1. The van der Waals surface area contributed by atoms with Gasteiger partial charge in [0.1, 0.15) is 5.82 Å². The Bertz CT molecular complexity index is 644. The zero-order valence-electron chi connectivity index (χ0n) is 12.5. The fraction of sp³-hybridized carbons (Fsp3) is 0.250. The molecule has 1 heterocycles. The van der Waals surface area contributed by atoms with Crippen molar-refractivity contribution < 1.29 is 9.53 Å². The van der Waals surface area contributed by atoms with Gasteiger partial charge in [0, 0.05) is 30.0 Å². The Balaban J connectivity index is 1.98. The van der Waals surface area contributed by atoms with E-state index in [0.29, 0.717) is 24.5 Å². The monoisotopic (exact) mass is 363 g/mol. The lowest BCUT2D eigenvalue weighted by atomic mass is 10.2. The molecule has 2 aromatic rings. The number of aryl methyl sites for hydroxylation is 1. The molecule has 0 unspecified atom stereocenters. The van der Waals surface area contributed by atoms with E-state index in [1.54, 1.807) is 25.4 Å². The van der Waals surface area contributed by atoms with Gasteiger partial charge in [0.05, 0.1) is 12.2 Å². The second kappa shape index (κ2) is 7.91.